The van der Waals surface area contributed by atoms with Gasteiger partial charge in [-0.15, -0.1) is 11.3 Å². The third-order valence-corrected chi connectivity index (χ3v) is 3.45. The Hall–Kier alpha value is -2.08. The number of anilines is 2. The van der Waals surface area contributed by atoms with Crippen molar-refractivity contribution in [2.24, 2.45) is 0 Å². The van der Waals surface area contributed by atoms with Crippen molar-refractivity contribution in [3.05, 3.63) is 40.3 Å². The summed E-state index contributed by atoms with van der Waals surface area (Å²) in [7, 11) is 3.54. The SMILES string of the molecule is CNC(=O)c1ccc(N)c(N(C)Cc2cscn2)c1. The highest BCUT2D eigenvalue weighted by Crippen LogP contribution is 2.25. The number of nitrogens with two attached hydrogens (primary N) is 1. The molecule has 100 valence electrons. The van der Waals surface area contributed by atoms with Crippen LogP contribution in [0.25, 0.3) is 0 Å². The zero-order valence-corrected chi connectivity index (χ0v) is 11.7. The smallest absolute Gasteiger partial charge is 0.251 e. The number of carbonyl (C=O) groups is 1. The van der Waals surface area contributed by atoms with Crippen molar-refractivity contribution in [3.8, 4) is 0 Å². The van der Waals surface area contributed by atoms with Gasteiger partial charge >= 0.3 is 0 Å². The number of aromatic nitrogens is 1. The van der Waals surface area contributed by atoms with Crippen LogP contribution in [0.3, 0.4) is 0 Å². The quantitative estimate of drug-likeness (QED) is 0.834. The van der Waals surface area contributed by atoms with E-state index < -0.39 is 0 Å². The Morgan fingerprint density at radius 1 is 1.53 bits per heavy atom. The first-order chi connectivity index (χ1) is 9.11. The number of thiazole rings is 1. The molecule has 0 radical (unpaired) electrons. The Bertz CT molecular complexity index is 568. The minimum Gasteiger partial charge on any atom is -0.397 e. The van der Waals surface area contributed by atoms with Gasteiger partial charge in [-0.25, -0.2) is 4.98 Å². The van der Waals surface area contributed by atoms with Crippen LogP contribution >= 0.6 is 11.3 Å². The molecule has 1 amide bonds. The summed E-state index contributed by atoms with van der Waals surface area (Å²) in [6.45, 7) is 0.658. The van der Waals surface area contributed by atoms with Crippen molar-refractivity contribution < 1.29 is 4.79 Å². The van der Waals surface area contributed by atoms with E-state index in [-0.39, 0.29) is 5.91 Å². The molecule has 0 saturated carbocycles. The number of carbonyl (C=O) groups excluding carboxylic acids is 1. The maximum absolute atomic E-state index is 11.6. The molecule has 0 unspecified atom stereocenters. The average molecular weight is 276 g/mol. The van der Waals surface area contributed by atoms with Gasteiger partial charge in [-0.3, -0.25) is 4.79 Å². The van der Waals surface area contributed by atoms with Gasteiger partial charge in [-0.1, -0.05) is 0 Å². The van der Waals surface area contributed by atoms with Crippen LogP contribution in [-0.2, 0) is 6.54 Å². The van der Waals surface area contributed by atoms with Gasteiger partial charge in [0.1, 0.15) is 0 Å². The monoisotopic (exact) mass is 276 g/mol. The number of rotatable bonds is 4. The van der Waals surface area contributed by atoms with E-state index in [0.717, 1.165) is 11.4 Å². The zero-order chi connectivity index (χ0) is 13.8. The van der Waals surface area contributed by atoms with E-state index in [9.17, 15) is 4.79 Å². The van der Waals surface area contributed by atoms with Crippen LogP contribution < -0.4 is 16.0 Å². The molecular weight excluding hydrogens is 260 g/mol. The van der Waals surface area contributed by atoms with Crippen LogP contribution in [0, 0.1) is 0 Å². The highest BCUT2D eigenvalue weighted by Gasteiger charge is 2.11. The minimum absolute atomic E-state index is 0.122. The summed E-state index contributed by atoms with van der Waals surface area (Å²) in [4.78, 5) is 17.9. The van der Waals surface area contributed by atoms with Gasteiger partial charge in [-0.05, 0) is 18.2 Å². The molecule has 19 heavy (non-hydrogen) atoms. The number of nitrogens with one attached hydrogen (secondary N) is 1. The lowest BCUT2D eigenvalue weighted by molar-refractivity contribution is 0.0963. The van der Waals surface area contributed by atoms with E-state index in [4.69, 9.17) is 5.73 Å². The van der Waals surface area contributed by atoms with Gasteiger partial charge in [0.15, 0.2) is 0 Å². The number of benzene rings is 1. The molecule has 2 aromatic rings. The van der Waals surface area contributed by atoms with E-state index >= 15 is 0 Å². The third-order valence-electron chi connectivity index (χ3n) is 2.81. The van der Waals surface area contributed by atoms with Crippen molar-refractivity contribution >= 4 is 28.6 Å². The van der Waals surface area contributed by atoms with Gasteiger partial charge in [0.05, 0.1) is 29.1 Å². The average Bonchev–Trinajstić information content (AvgIpc) is 2.91. The van der Waals surface area contributed by atoms with E-state index in [1.54, 1.807) is 42.1 Å². The molecule has 1 heterocycles. The molecule has 2 rings (SSSR count). The topological polar surface area (TPSA) is 71.2 Å². The van der Waals surface area contributed by atoms with Crippen molar-refractivity contribution in [1.29, 1.82) is 0 Å². The molecule has 0 aliphatic heterocycles. The second-order valence-corrected chi connectivity index (χ2v) is 4.91. The lowest BCUT2D eigenvalue weighted by atomic mass is 10.1. The summed E-state index contributed by atoms with van der Waals surface area (Å²) in [5.41, 5.74) is 10.8. The lowest BCUT2D eigenvalue weighted by Crippen LogP contribution is -2.21. The number of nitrogen functional groups attached to an aromatic ring is 1. The van der Waals surface area contributed by atoms with Crippen molar-refractivity contribution in [3.63, 3.8) is 0 Å². The fourth-order valence-electron chi connectivity index (χ4n) is 1.80. The van der Waals surface area contributed by atoms with Crippen LogP contribution in [0.5, 0.6) is 0 Å². The summed E-state index contributed by atoms with van der Waals surface area (Å²) >= 11 is 1.56. The largest absolute Gasteiger partial charge is 0.397 e. The molecule has 0 spiro atoms. The summed E-state index contributed by atoms with van der Waals surface area (Å²) in [6, 6.07) is 5.26. The summed E-state index contributed by atoms with van der Waals surface area (Å²) in [5.74, 6) is -0.122. The Labute approximate surface area is 116 Å². The molecular formula is C13H16N4OS. The molecule has 0 atom stereocenters. The number of hydrogen-bond acceptors (Lipinski definition) is 5. The second kappa shape index (κ2) is 5.71. The van der Waals surface area contributed by atoms with Crippen LogP contribution in [-0.4, -0.2) is 25.0 Å². The van der Waals surface area contributed by atoms with Gasteiger partial charge in [0, 0.05) is 25.0 Å². The van der Waals surface area contributed by atoms with Crippen LogP contribution in [0.1, 0.15) is 16.1 Å². The van der Waals surface area contributed by atoms with E-state index in [1.165, 1.54) is 0 Å². The molecule has 5 nitrogen and oxygen atoms in total. The Balaban J connectivity index is 2.25. The number of nitrogens with zero attached hydrogens (tertiary/aromatic N) is 2. The molecule has 1 aromatic carbocycles. The van der Waals surface area contributed by atoms with Crippen LogP contribution in [0.4, 0.5) is 11.4 Å². The van der Waals surface area contributed by atoms with Gasteiger partial charge in [-0.2, -0.15) is 0 Å². The fraction of sp³-hybridized carbons (Fsp3) is 0.231. The third kappa shape index (κ3) is 3.03. The summed E-state index contributed by atoms with van der Waals surface area (Å²) in [6.07, 6.45) is 0. The van der Waals surface area contributed by atoms with Crippen LogP contribution in [0.2, 0.25) is 0 Å². The highest BCUT2D eigenvalue weighted by molar-refractivity contribution is 7.07. The molecule has 0 fully saturated rings. The molecule has 0 bridgehead atoms. The van der Waals surface area contributed by atoms with Gasteiger partial charge in [0.25, 0.3) is 5.91 Å². The lowest BCUT2D eigenvalue weighted by Gasteiger charge is -2.20. The molecule has 0 saturated heterocycles. The van der Waals surface area contributed by atoms with Gasteiger partial charge in [0.2, 0.25) is 0 Å². The van der Waals surface area contributed by atoms with E-state index in [1.807, 2.05) is 17.3 Å². The van der Waals surface area contributed by atoms with Crippen LogP contribution in [0.15, 0.2) is 29.1 Å². The maximum Gasteiger partial charge on any atom is 0.251 e. The fourth-order valence-corrected chi connectivity index (χ4v) is 2.35. The first-order valence-electron chi connectivity index (χ1n) is 5.81. The molecule has 0 aliphatic rings. The molecule has 6 heteroatoms. The first-order valence-corrected chi connectivity index (χ1v) is 6.76. The first kappa shape index (κ1) is 13.4. The van der Waals surface area contributed by atoms with Gasteiger partial charge < -0.3 is 16.0 Å². The van der Waals surface area contributed by atoms with Crippen molar-refractivity contribution in [2.75, 3.05) is 24.7 Å². The second-order valence-electron chi connectivity index (χ2n) is 4.19. The van der Waals surface area contributed by atoms with E-state index in [0.29, 0.717) is 17.8 Å². The van der Waals surface area contributed by atoms with Crippen molar-refractivity contribution in [2.45, 2.75) is 6.54 Å². The normalized spacial score (nSPS) is 10.2. The zero-order valence-electron chi connectivity index (χ0n) is 10.9. The standard InChI is InChI=1S/C13H16N4OS/c1-15-13(18)9-3-4-11(14)12(5-9)17(2)6-10-7-19-8-16-10/h3-5,7-8H,6,14H2,1-2H3,(H,15,18). The molecule has 1 aromatic heterocycles. The van der Waals surface area contributed by atoms with Crippen molar-refractivity contribution in [1.82, 2.24) is 10.3 Å². The highest BCUT2D eigenvalue weighted by atomic mass is 32.1. The number of hydrogen-bond donors (Lipinski definition) is 2. The summed E-state index contributed by atoms with van der Waals surface area (Å²) < 4.78 is 0. The Kier molecular flexibility index (Phi) is 4.01. The minimum atomic E-state index is -0.122. The summed E-state index contributed by atoms with van der Waals surface area (Å²) in [5, 5.41) is 4.60. The Morgan fingerprint density at radius 2 is 2.32 bits per heavy atom. The predicted molar refractivity (Wildman–Crippen MR) is 78.5 cm³/mol. The maximum atomic E-state index is 11.6. The predicted octanol–water partition coefficient (Wildman–Crippen LogP) is 1.72. The van der Waals surface area contributed by atoms with E-state index in [2.05, 4.69) is 10.3 Å². The Morgan fingerprint density at radius 3 is 2.95 bits per heavy atom. The molecule has 3 N–H and O–H groups in total. The number of amides is 1. The molecule has 0 aliphatic carbocycles.